The first kappa shape index (κ1) is 14.9. The highest BCUT2D eigenvalue weighted by Gasteiger charge is 2.24. The molecule has 1 aliphatic heterocycles. The quantitative estimate of drug-likeness (QED) is 0.810. The predicted molar refractivity (Wildman–Crippen MR) is 80.5 cm³/mol. The lowest BCUT2D eigenvalue weighted by atomic mass is 10.1. The lowest BCUT2D eigenvalue weighted by Crippen LogP contribution is -2.45. The monoisotopic (exact) mass is 289 g/mol. The zero-order chi connectivity index (χ0) is 14.4. The van der Waals surface area contributed by atoms with Crippen LogP contribution in [0.4, 0.5) is 0 Å². The first-order valence-electron chi connectivity index (χ1n) is 6.79. The van der Waals surface area contributed by atoms with Crippen LogP contribution in [0.1, 0.15) is 18.4 Å². The smallest absolute Gasteiger partial charge is 0.238 e. The van der Waals surface area contributed by atoms with E-state index < -0.39 is 6.04 Å². The van der Waals surface area contributed by atoms with Gasteiger partial charge >= 0.3 is 0 Å². The van der Waals surface area contributed by atoms with Crippen molar-refractivity contribution < 1.29 is 4.79 Å². The molecule has 4 nitrogen and oxygen atoms in total. The van der Waals surface area contributed by atoms with E-state index in [1.54, 1.807) is 11.8 Å². The molecule has 5 heteroatoms. The summed E-state index contributed by atoms with van der Waals surface area (Å²) in [6.07, 6.45) is 4.45. The summed E-state index contributed by atoms with van der Waals surface area (Å²) in [6.45, 7) is 0.880. The Morgan fingerprint density at radius 2 is 2.30 bits per heavy atom. The molecule has 2 N–H and O–H groups in total. The van der Waals surface area contributed by atoms with Crippen LogP contribution in [0, 0.1) is 11.3 Å². The van der Waals surface area contributed by atoms with E-state index in [2.05, 4.69) is 16.7 Å². The standard InChI is InChI=1S/C15H19N3OS/c1-20-13-6-4-11(5-7-13)9-12(10-16)18-15(19)14-3-2-8-17-14/h4-7,12,14,17H,2-3,8-9H2,1H3,(H,18,19)/t12-,14-/m0/s1. The summed E-state index contributed by atoms with van der Waals surface area (Å²) in [5.74, 6) is -0.0604. The Labute approximate surface area is 123 Å². The number of rotatable bonds is 5. The average Bonchev–Trinajstić information content (AvgIpc) is 3.01. The number of carbonyl (C=O) groups excluding carboxylic acids is 1. The van der Waals surface area contributed by atoms with Gasteiger partial charge in [0.1, 0.15) is 6.04 Å². The molecule has 0 bridgehead atoms. The van der Waals surface area contributed by atoms with Crippen LogP contribution in [0.25, 0.3) is 0 Å². The van der Waals surface area contributed by atoms with E-state index in [1.807, 2.05) is 30.5 Å². The fraction of sp³-hybridized carbons (Fsp3) is 0.467. The molecule has 20 heavy (non-hydrogen) atoms. The van der Waals surface area contributed by atoms with Gasteiger partial charge in [0.05, 0.1) is 12.1 Å². The van der Waals surface area contributed by atoms with E-state index in [-0.39, 0.29) is 11.9 Å². The number of hydrogen-bond acceptors (Lipinski definition) is 4. The zero-order valence-electron chi connectivity index (χ0n) is 11.6. The van der Waals surface area contributed by atoms with Gasteiger partial charge in [-0.25, -0.2) is 0 Å². The number of nitrogens with zero attached hydrogens (tertiary/aromatic N) is 1. The number of thioether (sulfide) groups is 1. The minimum absolute atomic E-state index is 0.0604. The molecule has 1 aromatic carbocycles. The van der Waals surface area contributed by atoms with Crippen LogP contribution in [-0.4, -0.2) is 30.8 Å². The number of carbonyl (C=O) groups is 1. The average molecular weight is 289 g/mol. The fourth-order valence-electron chi connectivity index (χ4n) is 2.31. The minimum atomic E-state index is -0.468. The molecule has 2 atom stereocenters. The van der Waals surface area contributed by atoms with Gasteiger partial charge in [0, 0.05) is 11.3 Å². The van der Waals surface area contributed by atoms with Crippen LogP contribution in [0.15, 0.2) is 29.2 Å². The van der Waals surface area contributed by atoms with Gasteiger partial charge in [-0.3, -0.25) is 4.79 Å². The van der Waals surface area contributed by atoms with E-state index in [9.17, 15) is 10.1 Å². The fourth-order valence-corrected chi connectivity index (χ4v) is 2.72. The first-order valence-corrected chi connectivity index (χ1v) is 8.01. The van der Waals surface area contributed by atoms with Gasteiger partial charge in [-0.1, -0.05) is 12.1 Å². The maximum absolute atomic E-state index is 12.0. The third-order valence-corrected chi connectivity index (χ3v) is 4.19. The number of benzene rings is 1. The van der Waals surface area contributed by atoms with Gasteiger partial charge in [-0.15, -0.1) is 11.8 Å². The van der Waals surface area contributed by atoms with Gasteiger partial charge in [-0.2, -0.15) is 5.26 Å². The lowest BCUT2D eigenvalue weighted by molar-refractivity contribution is -0.123. The van der Waals surface area contributed by atoms with Gasteiger partial charge in [0.2, 0.25) is 5.91 Å². The normalized spacial score (nSPS) is 19.3. The maximum Gasteiger partial charge on any atom is 0.238 e. The van der Waals surface area contributed by atoms with E-state index in [4.69, 9.17) is 0 Å². The van der Waals surface area contributed by atoms with Crippen molar-refractivity contribution in [1.29, 1.82) is 5.26 Å². The highest BCUT2D eigenvalue weighted by molar-refractivity contribution is 7.98. The van der Waals surface area contributed by atoms with Crippen molar-refractivity contribution in [2.75, 3.05) is 12.8 Å². The number of nitriles is 1. The Hall–Kier alpha value is -1.51. The number of amides is 1. The summed E-state index contributed by atoms with van der Waals surface area (Å²) in [5, 5.41) is 15.1. The summed E-state index contributed by atoms with van der Waals surface area (Å²) in [7, 11) is 0. The Morgan fingerprint density at radius 3 is 2.85 bits per heavy atom. The molecule has 0 saturated carbocycles. The summed E-state index contributed by atoms with van der Waals surface area (Å²) in [5.41, 5.74) is 1.06. The highest BCUT2D eigenvalue weighted by Crippen LogP contribution is 2.15. The van der Waals surface area contributed by atoms with Crippen LogP contribution in [0.3, 0.4) is 0 Å². The third-order valence-electron chi connectivity index (χ3n) is 3.45. The second-order valence-corrected chi connectivity index (χ2v) is 5.77. The molecule has 106 valence electrons. The molecule has 1 saturated heterocycles. The molecule has 0 aromatic heterocycles. The van der Waals surface area contributed by atoms with Crippen LogP contribution in [0.5, 0.6) is 0 Å². The van der Waals surface area contributed by atoms with Crippen molar-refractivity contribution in [2.45, 2.75) is 36.2 Å². The Kier molecular flexibility index (Phi) is 5.45. The molecule has 1 amide bonds. The van der Waals surface area contributed by atoms with Crippen LogP contribution >= 0.6 is 11.8 Å². The van der Waals surface area contributed by atoms with Gasteiger partial charge in [0.25, 0.3) is 0 Å². The summed E-state index contributed by atoms with van der Waals surface area (Å²) in [4.78, 5) is 13.2. The summed E-state index contributed by atoms with van der Waals surface area (Å²) < 4.78 is 0. The molecule has 1 fully saturated rings. The van der Waals surface area contributed by atoms with Gasteiger partial charge in [-0.05, 0) is 43.3 Å². The van der Waals surface area contributed by atoms with Crippen molar-refractivity contribution in [3.05, 3.63) is 29.8 Å². The second kappa shape index (κ2) is 7.32. The molecule has 0 spiro atoms. The number of nitrogens with one attached hydrogen (secondary N) is 2. The van der Waals surface area contributed by atoms with Crippen molar-refractivity contribution in [3.8, 4) is 6.07 Å². The molecule has 0 radical (unpaired) electrons. The predicted octanol–water partition coefficient (Wildman–Crippen LogP) is 1.71. The Bertz CT molecular complexity index is 489. The van der Waals surface area contributed by atoms with Gasteiger partial charge < -0.3 is 10.6 Å². The molecular formula is C15H19N3OS. The third kappa shape index (κ3) is 3.99. The molecule has 1 aromatic rings. The van der Waals surface area contributed by atoms with Crippen LogP contribution in [-0.2, 0) is 11.2 Å². The molecule has 1 heterocycles. The topological polar surface area (TPSA) is 64.9 Å². The van der Waals surface area contributed by atoms with E-state index in [1.165, 1.54) is 4.90 Å². The van der Waals surface area contributed by atoms with Crippen molar-refractivity contribution in [2.24, 2.45) is 0 Å². The van der Waals surface area contributed by atoms with E-state index in [0.29, 0.717) is 6.42 Å². The zero-order valence-corrected chi connectivity index (χ0v) is 12.4. The van der Waals surface area contributed by atoms with E-state index in [0.717, 1.165) is 24.9 Å². The maximum atomic E-state index is 12.0. The minimum Gasteiger partial charge on any atom is -0.339 e. The molecule has 1 aliphatic rings. The molecule has 0 unspecified atom stereocenters. The molecule has 2 rings (SSSR count). The Morgan fingerprint density at radius 1 is 1.55 bits per heavy atom. The van der Waals surface area contributed by atoms with Crippen molar-refractivity contribution >= 4 is 17.7 Å². The van der Waals surface area contributed by atoms with E-state index >= 15 is 0 Å². The summed E-state index contributed by atoms with van der Waals surface area (Å²) in [6, 6.07) is 9.66. The molecular weight excluding hydrogens is 270 g/mol. The molecule has 0 aliphatic carbocycles. The van der Waals surface area contributed by atoms with Crippen LogP contribution in [0.2, 0.25) is 0 Å². The first-order chi connectivity index (χ1) is 9.72. The van der Waals surface area contributed by atoms with Crippen molar-refractivity contribution in [3.63, 3.8) is 0 Å². The highest BCUT2D eigenvalue weighted by atomic mass is 32.2. The largest absolute Gasteiger partial charge is 0.339 e. The second-order valence-electron chi connectivity index (χ2n) is 4.89. The Balaban J connectivity index is 1.91. The SMILES string of the molecule is CSc1ccc(C[C@@H](C#N)NC(=O)[C@@H]2CCCN2)cc1. The van der Waals surface area contributed by atoms with Crippen LogP contribution < -0.4 is 10.6 Å². The van der Waals surface area contributed by atoms with Gasteiger partial charge in [0.15, 0.2) is 0 Å². The number of hydrogen-bond donors (Lipinski definition) is 2. The van der Waals surface area contributed by atoms with Crippen molar-refractivity contribution in [1.82, 2.24) is 10.6 Å². The lowest BCUT2D eigenvalue weighted by Gasteiger charge is -2.15. The summed E-state index contributed by atoms with van der Waals surface area (Å²) >= 11 is 1.69.